The summed E-state index contributed by atoms with van der Waals surface area (Å²) in [6.45, 7) is 6.34. The van der Waals surface area contributed by atoms with E-state index in [0.29, 0.717) is 31.7 Å². The van der Waals surface area contributed by atoms with E-state index in [4.69, 9.17) is 4.74 Å². The van der Waals surface area contributed by atoms with Crippen LogP contribution < -0.4 is 10.6 Å². The Balaban J connectivity index is 2.10. The SMILES string of the molecule is CCNC1CCC(NC(=O)CCOCC)CC1. The summed E-state index contributed by atoms with van der Waals surface area (Å²) in [4.78, 5) is 11.6. The van der Waals surface area contributed by atoms with Gasteiger partial charge in [-0.2, -0.15) is 0 Å². The molecule has 0 spiro atoms. The van der Waals surface area contributed by atoms with Gasteiger partial charge in [0.05, 0.1) is 6.61 Å². The lowest BCUT2D eigenvalue weighted by atomic mass is 9.91. The average Bonchev–Trinajstić information content (AvgIpc) is 2.32. The highest BCUT2D eigenvalue weighted by Gasteiger charge is 2.21. The molecule has 0 aromatic carbocycles. The van der Waals surface area contributed by atoms with E-state index >= 15 is 0 Å². The lowest BCUT2D eigenvalue weighted by Gasteiger charge is -2.29. The van der Waals surface area contributed by atoms with Crippen molar-refractivity contribution in [2.45, 2.75) is 58.0 Å². The minimum absolute atomic E-state index is 0.130. The number of hydrogen-bond acceptors (Lipinski definition) is 3. The van der Waals surface area contributed by atoms with Crippen LogP contribution in [0.1, 0.15) is 46.0 Å². The Morgan fingerprint density at radius 2 is 1.82 bits per heavy atom. The van der Waals surface area contributed by atoms with Crippen LogP contribution in [0.5, 0.6) is 0 Å². The fourth-order valence-electron chi connectivity index (χ4n) is 2.34. The number of hydrogen-bond donors (Lipinski definition) is 2. The third kappa shape index (κ3) is 6.03. The Hall–Kier alpha value is -0.610. The minimum atomic E-state index is 0.130. The van der Waals surface area contributed by atoms with Crippen LogP contribution in [0.15, 0.2) is 0 Å². The fourth-order valence-corrected chi connectivity index (χ4v) is 2.34. The third-order valence-electron chi connectivity index (χ3n) is 3.26. The number of rotatable bonds is 7. The van der Waals surface area contributed by atoms with Crippen molar-refractivity contribution >= 4 is 5.91 Å². The van der Waals surface area contributed by atoms with Crippen molar-refractivity contribution in [1.82, 2.24) is 10.6 Å². The van der Waals surface area contributed by atoms with Gasteiger partial charge in [0.15, 0.2) is 0 Å². The molecule has 0 bridgehead atoms. The van der Waals surface area contributed by atoms with Crippen LogP contribution in [0, 0.1) is 0 Å². The van der Waals surface area contributed by atoms with Crippen LogP contribution in [0.2, 0.25) is 0 Å². The molecule has 100 valence electrons. The van der Waals surface area contributed by atoms with Crippen LogP contribution in [0.4, 0.5) is 0 Å². The molecule has 1 rings (SSSR count). The van der Waals surface area contributed by atoms with E-state index in [-0.39, 0.29) is 5.91 Å². The highest BCUT2D eigenvalue weighted by molar-refractivity contribution is 5.76. The third-order valence-corrected chi connectivity index (χ3v) is 3.26. The van der Waals surface area contributed by atoms with E-state index in [1.165, 1.54) is 12.8 Å². The molecule has 1 aliphatic rings. The molecule has 0 radical (unpaired) electrons. The Morgan fingerprint density at radius 3 is 2.41 bits per heavy atom. The van der Waals surface area contributed by atoms with Crippen molar-refractivity contribution in [3.63, 3.8) is 0 Å². The van der Waals surface area contributed by atoms with E-state index in [9.17, 15) is 4.79 Å². The van der Waals surface area contributed by atoms with Gasteiger partial charge in [-0.25, -0.2) is 0 Å². The van der Waals surface area contributed by atoms with Gasteiger partial charge in [-0.05, 0) is 39.2 Å². The Labute approximate surface area is 104 Å². The number of carbonyl (C=O) groups excluding carboxylic acids is 1. The van der Waals surface area contributed by atoms with E-state index in [2.05, 4.69) is 17.6 Å². The maximum Gasteiger partial charge on any atom is 0.222 e. The van der Waals surface area contributed by atoms with Gasteiger partial charge >= 0.3 is 0 Å². The molecule has 2 N–H and O–H groups in total. The molecule has 1 aliphatic carbocycles. The standard InChI is InChI=1S/C13H26N2O2/c1-3-14-11-5-7-12(8-6-11)15-13(16)9-10-17-4-2/h11-12,14H,3-10H2,1-2H3,(H,15,16). The normalized spacial score (nSPS) is 24.6. The van der Waals surface area contributed by atoms with E-state index in [1.54, 1.807) is 0 Å². The number of ether oxygens (including phenoxy) is 1. The van der Waals surface area contributed by atoms with Crippen molar-refractivity contribution in [2.24, 2.45) is 0 Å². The molecular formula is C13H26N2O2. The summed E-state index contributed by atoms with van der Waals surface area (Å²) in [6.07, 6.45) is 5.02. The Bertz CT molecular complexity index is 213. The predicted octanol–water partition coefficient (Wildman–Crippen LogP) is 1.45. The lowest BCUT2D eigenvalue weighted by molar-refractivity contribution is -0.123. The summed E-state index contributed by atoms with van der Waals surface area (Å²) in [7, 11) is 0. The van der Waals surface area contributed by atoms with Gasteiger partial charge in [-0.15, -0.1) is 0 Å². The van der Waals surface area contributed by atoms with Gasteiger partial charge < -0.3 is 15.4 Å². The van der Waals surface area contributed by atoms with Crippen LogP contribution >= 0.6 is 0 Å². The summed E-state index contributed by atoms with van der Waals surface area (Å²) in [5, 5.41) is 6.56. The van der Waals surface area contributed by atoms with Gasteiger partial charge in [-0.3, -0.25) is 4.79 Å². The van der Waals surface area contributed by atoms with Crippen LogP contribution in [-0.4, -0.2) is 37.7 Å². The lowest BCUT2D eigenvalue weighted by Crippen LogP contribution is -2.42. The molecule has 17 heavy (non-hydrogen) atoms. The number of nitrogens with one attached hydrogen (secondary N) is 2. The number of amides is 1. The first kappa shape index (κ1) is 14.5. The summed E-state index contributed by atoms with van der Waals surface area (Å²) < 4.78 is 5.17. The Morgan fingerprint density at radius 1 is 1.18 bits per heavy atom. The van der Waals surface area contributed by atoms with Crippen LogP contribution in [0.3, 0.4) is 0 Å². The predicted molar refractivity (Wildman–Crippen MR) is 69.0 cm³/mol. The topological polar surface area (TPSA) is 50.4 Å². The minimum Gasteiger partial charge on any atom is -0.381 e. The molecule has 4 nitrogen and oxygen atoms in total. The second-order valence-electron chi connectivity index (χ2n) is 4.62. The Kier molecular flexibility index (Phi) is 7.21. The van der Waals surface area contributed by atoms with Crippen molar-refractivity contribution in [3.8, 4) is 0 Å². The summed E-state index contributed by atoms with van der Waals surface area (Å²) >= 11 is 0. The molecule has 0 aromatic rings. The van der Waals surface area contributed by atoms with Gasteiger partial charge in [0.2, 0.25) is 5.91 Å². The summed E-state index contributed by atoms with van der Waals surface area (Å²) in [5.74, 6) is 0.130. The highest BCUT2D eigenvalue weighted by atomic mass is 16.5. The van der Waals surface area contributed by atoms with Crippen molar-refractivity contribution in [2.75, 3.05) is 19.8 Å². The zero-order chi connectivity index (χ0) is 12.5. The first-order valence-electron chi connectivity index (χ1n) is 6.86. The number of carbonyl (C=O) groups is 1. The van der Waals surface area contributed by atoms with E-state index < -0.39 is 0 Å². The van der Waals surface area contributed by atoms with Gasteiger partial charge in [-0.1, -0.05) is 6.92 Å². The van der Waals surface area contributed by atoms with Crippen molar-refractivity contribution < 1.29 is 9.53 Å². The molecule has 0 saturated heterocycles. The van der Waals surface area contributed by atoms with Crippen LogP contribution in [0.25, 0.3) is 0 Å². The van der Waals surface area contributed by atoms with Gasteiger partial charge in [0, 0.05) is 25.1 Å². The smallest absolute Gasteiger partial charge is 0.222 e. The first-order chi connectivity index (χ1) is 8.26. The molecule has 0 heterocycles. The highest BCUT2D eigenvalue weighted by Crippen LogP contribution is 2.18. The molecule has 0 atom stereocenters. The van der Waals surface area contributed by atoms with Crippen LogP contribution in [-0.2, 0) is 9.53 Å². The molecular weight excluding hydrogens is 216 g/mol. The largest absolute Gasteiger partial charge is 0.381 e. The maximum absolute atomic E-state index is 11.6. The monoisotopic (exact) mass is 242 g/mol. The molecule has 0 aliphatic heterocycles. The maximum atomic E-state index is 11.6. The van der Waals surface area contributed by atoms with Crippen molar-refractivity contribution in [3.05, 3.63) is 0 Å². The molecule has 0 unspecified atom stereocenters. The molecule has 1 amide bonds. The van der Waals surface area contributed by atoms with E-state index in [0.717, 1.165) is 19.4 Å². The summed E-state index contributed by atoms with van der Waals surface area (Å²) in [6, 6.07) is 1.02. The zero-order valence-corrected chi connectivity index (χ0v) is 11.1. The second-order valence-corrected chi connectivity index (χ2v) is 4.62. The first-order valence-corrected chi connectivity index (χ1v) is 6.86. The zero-order valence-electron chi connectivity index (χ0n) is 11.1. The average molecular weight is 242 g/mol. The second kappa shape index (κ2) is 8.48. The molecule has 1 saturated carbocycles. The summed E-state index contributed by atoms with van der Waals surface area (Å²) in [5.41, 5.74) is 0. The molecule has 1 fully saturated rings. The fraction of sp³-hybridized carbons (Fsp3) is 0.923. The van der Waals surface area contributed by atoms with Gasteiger partial charge in [0.25, 0.3) is 0 Å². The van der Waals surface area contributed by atoms with Gasteiger partial charge in [0.1, 0.15) is 0 Å². The molecule has 4 heteroatoms. The molecule has 0 aromatic heterocycles. The quantitative estimate of drug-likeness (QED) is 0.664. The van der Waals surface area contributed by atoms with Crippen molar-refractivity contribution in [1.29, 1.82) is 0 Å². The van der Waals surface area contributed by atoms with E-state index in [1.807, 2.05) is 6.92 Å².